The molecule has 0 bridgehead atoms. The molecular weight excluding hydrogens is 404 g/mol. The lowest BCUT2D eigenvalue weighted by molar-refractivity contribution is -0.122. The number of ether oxygens (including phenoxy) is 1. The molecule has 26 heavy (non-hydrogen) atoms. The van der Waals surface area contributed by atoms with Crippen LogP contribution in [0.2, 0.25) is 0 Å². The van der Waals surface area contributed by atoms with Crippen molar-refractivity contribution < 1.29 is 24.2 Å². The Hall–Kier alpha value is -3.13. The second kappa shape index (κ2) is 7.01. The van der Waals surface area contributed by atoms with Gasteiger partial charge >= 0.3 is 6.03 Å². The molecule has 2 aromatic rings. The van der Waals surface area contributed by atoms with Crippen LogP contribution in [0.4, 0.5) is 10.5 Å². The predicted molar refractivity (Wildman–Crippen MR) is 97.8 cm³/mol. The van der Waals surface area contributed by atoms with Crippen LogP contribution in [0.5, 0.6) is 11.5 Å². The van der Waals surface area contributed by atoms with Gasteiger partial charge in [0.2, 0.25) is 0 Å². The molecule has 1 saturated heterocycles. The summed E-state index contributed by atoms with van der Waals surface area (Å²) in [6.07, 6.45) is 1.33. The Morgan fingerprint density at radius 3 is 2.62 bits per heavy atom. The van der Waals surface area contributed by atoms with Gasteiger partial charge in [-0.3, -0.25) is 14.9 Å². The number of anilines is 1. The van der Waals surface area contributed by atoms with Gasteiger partial charge in [-0.2, -0.15) is 0 Å². The van der Waals surface area contributed by atoms with Gasteiger partial charge in [0.25, 0.3) is 11.8 Å². The third-order valence-electron chi connectivity index (χ3n) is 3.68. The molecule has 2 N–H and O–H groups in total. The minimum Gasteiger partial charge on any atom is -0.504 e. The molecule has 1 aliphatic rings. The van der Waals surface area contributed by atoms with Gasteiger partial charge in [0.15, 0.2) is 11.5 Å². The average Bonchev–Trinajstić information content (AvgIpc) is 2.60. The Morgan fingerprint density at radius 1 is 1.15 bits per heavy atom. The van der Waals surface area contributed by atoms with Gasteiger partial charge in [-0.25, -0.2) is 9.69 Å². The number of barbiturate groups is 1. The van der Waals surface area contributed by atoms with Crippen molar-refractivity contribution in [3.63, 3.8) is 0 Å². The zero-order valence-electron chi connectivity index (χ0n) is 13.5. The summed E-state index contributed by atoms with van der Waals surface area (Å²) in [5.41, 5.74) is 0.572. The third-order valence-corrected chi connectivity index (χ3v) is 4.18. The lowest BCUT2D eigenvalue weighted by Gasteiger charge is -2.26. The summed E-state index contributed by atoms with van der Waals surface area (Å²) in [5.74, 6) is -1.41. The molecule has 0 aliphatic carbocycles. The number of halogens is 1. The molecule has 2 aromatic carbocycles. The average molecular weight is 417 g/mol. The van der Waals surface area contributed by atoms with Crippen LogP contribution in [0.3, 0.4) is 0 Å². The standard InChI is InChI=1S/C18H13BrN2O5/c1-26-15-8-10(5-6-14(15)22)7-13-16(23)20-18(25)21(17(13)24)12-4-2-3-11(19)9-12/h2-9,22H,1H3,(H,20,23,25). The van der Waals surface area contributed by atoms with Gasteiger partial charge < -0.3 is 9.84 Å². The van der Waals surface area contributed by atoms with Crippen molar-refractivity contribution in [2.75, 3.05) is 12.0 Å². The molecule has 1 fully saturated rings. The van der Waals surface area contributed by atoms with Gasteiger partial charge in [-0.1, -0.05) is 28.1 Å². The number of nitrogens with zero attached hydrogens (tertiary/aromatic N) is 1. The van der Waals surface area contributed by atoms with Crippen LogP contribution in [0.15, 0.2) is 52.5 Å². The van der Waals surface area contributed by atoms with E-state index in [4.69, 9.17) is 4.74 Å². The number of hydrogen-bond donors (Lipinski definition) is 2. The maximum atomic E-state index is 12.8. The highest BCUT2D eigenvalue weighted by atomic mass is 79.9. The molecule has 8 heteroatoms. The zero-order valence-corrected chi connectivity index (χ0v) is 15.1. The number of benzene rings is 2. The van der Waals surface area contributed by atoms with Crippen LogP contribution >= 0.6 is 15.9 Å². The lowest BCUT2D eigenvalue weighted by Crippen LogP contribution is -2.54. The number of aromatic hydroxyl groups is 1. The quantitative estimate of drug-likeness (QED) is 0.592. The van der Waals surface area contributed by atoms with Gasteiger partial charge in [-0.05, 0) is 42.0 Å². The molecule has 0 unspecified atom stereocenters. The summed E-state index contributed by atoms with van der Waals surface area (Å²) in [7, 11) is 1.39. The Labute approximate surface area is 157 Å². The molecule has 3 rings (SSSR count). The summed E-state index contributed by atoms with van der Waals surface area (Å²) in [5, 5.41) is 11.8. The van der Waals surface area contributed by atoms with Crippen LogP contribution in [-0.4, -0.2) is 30.1 Å². The minimum atomic E-state index is -0.821. The maximum Gasteiger partial charge on any atom is 0.335 e. The number of phenolic OH excluding ortho intramolecular Hbond substituents is 1. The highest BCUT2D eigenvalue weighted by Crippen LogP contribution is 2.29. The first-order chi connectivity index (χ1) is 12.4. The summed E-state index contributed by atoms with van der Waals surface area (Å²) in [4.78, 5) is 37.9. The fourth-order valence-corrected chi connectivity index (χ4v) is 2.84. The van der Waals surface area contributed by atoms with Crippen LogP contribution in [-0.2, 0) is 9.59 Å². The number of carbonyl (C=O) groups is 3. The number of hydrogen-bond acceptors (Lipinski definition) is 5. The van der Waals surface area contributed by atoms with Crippen molar-refractivity contribution in [1.82, 2.24) is 5.32 Å². The first-order valence-corrected chi connectivity index (χ1v) is 8.24. The summed E-state index contributed by atoms with van der Waals surface area (Å²) in [6, 6.07) is 10.2. The Kier molecular flexibility index (Phi) is 4.77. The third kappa shape index (κ3) is 3.31. The van der Waals surface area contributed by atoms with E-state index in [9.17, 15) is 19.5 Å². The fourth-order valence-electron chi connectivity index (χ4n) is 2.46. The maximum absolute atomic E-state index is 12.8. The highest BCUT2D eigenvalue weighted by molar-refractivity contribution is 9.10. The van der Waals surface area contributed by atoms with Gasteiger partial charge in [0.1, 0.15) is 5.57 Å². The van der Waals surface area contributed by atoms with Crippen molar-refractivity contribution in [1.29, 1.82) is 0 Å². The molecule has 0 spiro atoms. The fraction of sp³-hybridized carbons (Fsp3) is 0.0556. The molecule has 0 aromatic heterocycles. The molecule has 0 radical (unpaired) electrons. The van der Waals surface area contributed by atoms with E-state index in [-0.39, 0.29) is 17.1 Å². The van der Waals surface area contributed by atoms with E-state index in [1.807, 2.05) is 0 Å². The molecule has 132 valence electrons. The predicted octanol–water partition coefficient (Wildman–Crippen LogP) is 2.83. The number of rotatable bonds is 3. The molecule has 1 heterocycles. The van der Waals surface area contributed by atoms with Crippen molar-refractivity contribution in [2.45, 2.75) is 0 Å². The van der Waals surface area contributed by atoms with Crippen molar-refractivity contribution in [3.8, 4) is 11.5 Å². The number of urea groups is 1. The van der Waals surface area contributed by atoms with Crippen molar-refractivity contribution in [3.05, 3.63) is 58.1 Å². The van der Waals surface area contributed by atoms with E-state index in [0.29, 0.717) is 15.7 Å². The van der Waals surface area contributed by atoms with Gasteiger partial charge in [-0.15, -0.1) is 0 Å². The molecule has 0 saturated carbocycles. The van der Waals surface area contributed by atoms with Crippen LogP contribution in [0.1, 0.15) is 5.56 Å². The van der Waals surface area contributed by atoms with Gasteiger partial charge in [0.05, 0.1) is 12.8 Å². The Morgan fingerprint density at radius 2 is 1.92 bits per heavy atom. The van der Waals surface area contributed by atoms with E-state index < -0.39 is 17.8 Å². The minimum absolute atomic E-state index is 0.0694. The SMILES string of the molecule is COc1cc(C=C2C(=O)NC(=O)N(c3cccc(Br)c3)C2=O)ccc1O. The molecular formula is C18H13BrN2O5. The topological polar surface area (TPSA) is 95.9 Å². The monoisotopic (exact) mass is 416 g/mol. The number of imide groups is 2. The highest BCUT2D eigenvalue weighted by Gasteiger charge is 2.36. The van der Waals surface area contributed by atoms with Crippen molar-refractivity contribution in [2.24, 2.45) is 0 Å². The number of phenols is 1. The lowest BCUT2D eigenvalue weighted by atomic mass is 10.1. The number of carbonyl (C=O) groups excluding carboxylic acids is 3. The first kappa shape index (κ1) is 17.7. The van der Waals surface area contributed by atoms with E-state index in [2.05, 4.69) is 21.2 Å². The number of amides is 4. The van der Waals surface area contributed by atoms with E-state index in [1.165, 1.54) is 31.4 Å². The summed E-state index contributed by atoms with van der Waals surface area (Å²) >= 11 is 3.28. The Balaban J connectivity index is 2.03. The number of nitrogens with one attached hydrogen (secondary N) is 1. The summed E-state index contributed by atoms with van der Waals surface area (Å²) in [6.45, 7) is 0. The molecule has 0 atom stereocenters. The first-order valence-electron chi connectivity index (χ1n) is 7.44. The van der Waals surface area contributed by atoms with Crippen molar-refractivity contribution >= 4 is 45.5 Å². The van der Waals surface area contributed by atoms with Crippen LogP contribution < -0.4 is 15.0 Å². The van der Waals surface area contributed by atoms with Crippen LogP contribution in [0.25, 0.3) is 6.08 Å². The summed E-state index contributed by atoms with van der Waals surface area (Å²) < 4.78 is 5.70. The zero-order chi connectivity index (χ0) is 18.8. The van der Waals surface area contributed by atoms with Gasteiger partial charge in [0, 0.05) is 4.47 Å². The second-order valence-electron chi connectivity index (χ2n) is 5.37. The van der Waals surface area contributed by atoms with E-state index in [1.54, 1.807) is 24.3 Å². The van der Waals surface area contributed by atoms with E-state index >= 15 is 0 Å². The smallest absolute Gasteiger partial charge is 0.335 e. The molecule has 1 aliphatic heterocycles. The van der Waals surface area contributed by atoms with E-state index in [0.717, 1.165) is 4.90 Å². The molecule has 4 amide bonds. The Bertz CT molecular complexity index is 954. The normalized spacial score (nSPS) is 16.0. The molecule has 7 nitrogen and oxygen atoms in total. The van der Waals surface area contributed by atoms with Crippen LogP contribution in [0, 0.1) is 0 Å². The largest absolute Gasteiger partial charge is 0.504 e. The second-order valence-corrected chi connectivity index (χ2v) is 6.28. The number of methoxy groups -OCH3 is 1.